The zero-order chi connectivity index (χ0) is 19.9. The van der Waals surface area contributed by atoms with Gasteiger partial charge in [-0.2, -0.15) is 0 Å². The van der Waals surface area contributed by atoms with Crippen LogP contribution in [0.15, 0.2) is 73.1 Å². The van der Waals surface area contributed by atoms with Crippen LogP contribution in [0.1, 0.15) is 28.8 Å². The number of aromatic nitrogens is 2. The molecule has 1 amide bonds. The number of pyridine rings is 2. The van der Waals surface area contributed by atoms with Crippen molar-refractivity contribution in [3.8, 4) is 5.88 Å². The van der Waals surface area contributed by atoms with Gasteiger partial charge in [-0.15, -0.1) is 0 Å². The number of carbonyl (C=O) groups excluding carboxylic acids is 1. The van der Waals surface area contributed by atoms with Crippen molar-refractivity contribution in [1.29, 1.82) is 0 Å². The fourth-order valence-corrected chi connectivity index (χ4v) is 3.23. The van der Waals surface area contributed by atoms with Crippen molar-refractivity contribution in [2.24, 2.45) is 0 Å². The molecule has 29 heavy (non-hydrogen) atoms. The standard InChI is InChI=1S/C23H23N3O3/c27-23(19-9-10-22(25-16-19)29-20-11-14-28-15-12-20)26(21-8-4-5-13-24-21)17-18-6-2-1-3-7-18/h1-10,13,16,20H,11-12,14-15,17H2. The predicted octanol–water partition coefficient (Wildman–Crippen LogP) is 3.88. The number of rotatable bonds is 6. The highest BCUT2D eigenvalue weighted by Gasteiger charge is 2.20. The van der Waals surface area contributed by atoms with Gasteiger partial charge >= 0.3 is 0 Å². The molecule has 0 aliphatic carbocycles. The Morgan fingerprint density at radius 3 is 2.48 bits per heavy atom. The molecule has 0 bridgehead atoms. The molecule has 0 radical (unpaired) electrons. The quantitative estimate of drug-likeness (QED) is 0.640. The van der Waals surface area contributed by atoms with Crippen molar-refractivity contribution in [2.45, 2.75) is 25.5 Å². The zero-order valence-corrected chi connectivity index (χ0v) is 16.1. The first-order valence-corrected chi connectivity index (χ1v) is 9.77. The number of nitrogens with zero attached hydrogens (tertiary/aromatic N) is 3. The Morgan fingerprint density at radius 1 is 1.00 bits per heavy atom. The lowest BCUT2D eigenvalue weighted by Crippen LogP contribution is -2.31. The van der Waals surface area contributed by atoms with Gasteiger partial charge in [0.25, 0.3) is 5.91 Å². The Kier molecular flexibility index (Phi) is 6.12. The Labute approximate surface area is 170 Å². The molecular weight excluding hydrogens is 366 g/mol. The molecule has 6 heteroatoms. The highest BCUT2D eigenvalue weighted by Crippen LogP contribution is 2.20. The average Bonchev–Trinajstić information content (AvgIpc) is 2.79. The van der Waals surface area contributed by atoms with E-state index in [2.05, 4.69) is 9.97 Å². The van der Waals surface area contributed by atoms with Crippen LogP contribution in [0.25, 0.3) is 0 Å². The number of amides is 1. The maximum Gasteiger partial charge on any atom is 0.261 e. The molecule has 0 atom stereocenters. The van der Waals surface area contributed by atoms with Gasteiger partial charge in [0.2, 0.25) is 5.88 Å². The van der Waals surface area contributed by atoms with E-state index in [1.165, 1.54) is 0 Å². The summed E-state index contributed by atoms with van der Waals surface area (Å²) in [5, 5.41) is 0. The summed E-state index contributed by atoms with van der Waals surface area (Å²) in [4.78, 5) is 23.6. The third kappa shape index (κ3) is 4.97. The number of ether oxygens (including phenoxy) is 2. The molecule has 6 nitrogen and oxygen atoms in total. The molecule has 1 aliphatic heterocycles. The molecule has 0 spiro atoms. The van der Waals surface area contributed by atoms with Crippen molar-refractivity contribution in [2.75, 3.05) is 18.1 Å². The predicted molar refractivity (Wildman–Crippen MR) is 110 cm³/mol. The van der Waals surface area contributed by atoms with Gasteiger partial charge in [-0.05, 0) is 23.8 Å². The molecule has 0 N–H and O–H groups in total. The van der Waals surface area contributed by atoms with E-state index in [-0.39, 0.29) is 12.0 Å². The van der Waals surface area contributed by atoms with Gasteiger partial charge < -0.3 is 9.47 Å². The lowest BCUT2D eigenvalue weighted by atomic mass is 10.1. The fourth-order valence-electron chi connectivity index (χ4n) is 3.23. The molecule has 148 valence electrons. The fraction of sp³-hybridized carbons (Fsp3) is 0.261. The first-order valence-electron chi connectivity index (χ1n) is 9.77. The summed E-state index contributed by atoms with van der Waals surface area (Å²) in [6, 6.07) is 18.9. The minimum Gasteiger partial charge on any atom is -0.474 e. The van der Waals surface area contributed by atoms with E-state index in [0.29, 0.717) is 37.0 Å². The van der Waals surface area contributed by atoms with Crippen LogP contribution in [-0.4, -0.2) is 35.2 Å². The summed E-state index contributed by atoms with van der Waals surface area (Å²) < 4.78 is 11.3. The van der Waals surface area contributed by atoms with Gasteiger partial charge in [-0.1, -0.05) is 36.4 Å². The summed E-state index contributed by atoms with van der Waals surface area (Å²) in [7, 11) is 0. The van der Waals surface area contributed by atoms with Crippen LogP contribution >= 0.6 is 0 Å². The minimum absolute atomic E-state index is 0.112. The van der Waals surface area contributed by atoms with Crippen LogP contribution in [0.5, 0.6) is 5.88 Å². The van der Waals surface area contributed by atoms with Gasteiger partial charge in [0.15, 0.2) is 0 Å². The molecule has 0 saturated carbocycles. The Hall–Kier alpha value is -3.25. The number of hydrogen-bond donors (Lipinski definition) is 0. The normalized spacial score (nSPS) is 14.3. The average molecular weight is 389 g/mol. The molecule has 1 saturated heterocycles. The SMILES string of the molecule is O=C(c1ccc(OC2CCOCC2)nc1)N(Cc1ccccc1)c1ccccn1. The molecule has 3 aromatic rings. The third-order valence-corrected chi connectivity index (χ3v) is 4.79. The van der Waals surface area contributed by atoms with E-state index in [9.17, 15) is 4.79 Å². The minimum atomic E-state index is -0.155. The first-order chi connectivity index (χ1) is 14.3. The molecule has 1 aliphatic rings. The van der Waals surface area contributed by atoms with Crippen LogP contribution in [-0.2, 0) is 11.3 Å². The molecule has 0 unspecified atom stereocenters. The second-order valence-electron chi connectivity index (χ2n) is 6.88. The highest BCUT2D eigenvalue weighted by atomic mass is 16.5. The molecule has 2 aromatic heterocycles. The van der Waals surface area contributed by atoms with Crippen molar-refractivity contribution < 1.29 is 14.3 Å². The summed E-state index contributed by atoms with van der Waals surface area (Å²) >= 11 is 0. The van der Waals surface area contributed by atoms with Gasteiger partial charge in [0.05, 0.1) is 25.3 Å². The van der Waals surface area contributed by atoms with E-state index >= 15 is 0 Å². The van der Waals surface area contributed by atoms with Gasteiger partial charge in [0, 0.05) is 31.3 Å². The largest absolute Gasteiger partial charge is 0.474 e. The first kappa shape index (κ1) is 19.1. The van der Waals surface area contributed by atoms with Crippen molar-refractivity contribution in [1.82, 2.24) is 9.97 Å². The maximum absolute atomic E-state index is 13.2. The smallest absolute Gasteiger partial charge is 0.261 e. The highest BCUT2D eigenvalue weighted by molar-refractivity contribution is 6.05. The Balaban J connectivity index is 1.52. The number of carbonyl (C=O) groups is 1. The van der Waals surface area contributed by atoms with E-state index in [1.807, 2.05) is 48.5 Å². The molecule has 4 rings (SSSR count). The molecule has 3 heterocycles. The lowest BCUT2D eigenvalue weighted by Gasteiger charge is -2.23. The monoisotopic (exact) mass is 389 g/mol. The number of benzene rings is 1. The van der Waals surface area contributed by atoms with E-state index in [0.717, 1.165) is 18.4 Å². The second-order valence-corrected chi connectivity index (χ2v) is 6.88. The van der Waals surface area contributed by atoms with E-state index < -0.39 is 0 Å². The van der Waals surface area contributed by atoms with Crippen LogP contribution in [0.4, 0.5) is 5.82 Å². The molecule has 1 aromatic carbocycles. The van der Waals surface area contributed by atoms with Gasteiger partial charge in [0.1, 0.15) is 11.9 Å². The van der Waals surface area contributed by atoms with Crippen LogP contribution in [0.3, 0.4) is 0 Å². The van der Waals surface area contributed by atoms with E-state index in [4.69, 9.17) is 9.47 Å². The summed E-state index contributed by atoms with van der Waals surface area (Å²) in [6.07, 6.45) is 5.07. The Morgan fingerprint density at radius 2 is 1.79 bits per heavy atom. The Bertz CT molecular complexity index is 911. The second kappa shape index (κ2) is 9.30. The van der Waals surface area contributed by atoms with Crippen LogP contribution < -0.4 is 9.64 Å². The van der Waals surface area contributed by atoms with Gasteiger partial charge in [-0.3, -0.25) is 9.69 Å². The van der Waals surface area contributed by atoms with Crippen molar-refractivity contribution in [3.05, 3.63) is 84.2 Å². The van der Waals surface area contributed by atoms with E-state index in [1.54, 1.807) is 29.4 Å². The van der Waals surface area contributed by atoms with Crippen molar-refractivity contribution >= 4 is 11.7 Å². The molecule has 1 fully saturated rings. The van der Waals surface area contributed by atoms with Crippen LogP contribution in [0.2, 0.25) is 0 Å². The van der Waals surface area contributed by atoms with Crippen LogP contribution in [0, 0.1) is 0 Å². The number of anilines is 1. The summed E-state index contributed by atoms with van der Waals surface area (Å²) in [5.74, 6) is 0.974. The third-order valence-electron chi connectivity index (χ3n) is 4.79. The summed E-state index contributed by atoms with van der Waals surface area (Å²) in [6.45, 7) is 1.84. The van der Waals surface area contributed by atoms with Crippen molar-refractivity contribution in [3.63, 3.8) is 0 Å². The zero-order valence-electron chi connectivity index (χ0n) is 16.1. The topological polar surface area (TPSA) is 64.6 Å². The summed E-state index contributed by atoms with van der Waals surface area (Å²) in [5.41, 5.74) is 1.52. The lowest BCUT2D eigenvalue weighted by molar-refractivity contribution is 0.0237. The maximum atomic E-state index is 13.2. The number of hydrogen-bond acceptors (Lipinski definition) is 5. The van der Waals surface area contributed by atoms with Gasteiger partial charge in [-0.25, -0.2) is 9.97 Å². The molecular formula is C23H23N3O3.